The van der Waals surface area contributed by atoms with Crippen molar-refractivity contribution in [2.24, 2.45) is 0 Å². The molecule has 1 saturated heterocycles. The maximum atomic E-state index is 12.7. The zero-order valence-corrected chi connectivity index (χ0v) is 13.2. The van der Waals surface area contributed by atoms with E-state index in [4.69, 9.17) is 0 Å². The van der Waals surface area contributed by atoms with Gasteiger partial charge in [-0.2, -0.15) is 0 Å². The number of amides is 1. The maximum Gasteiger partial charge on any atom is 0.240 e. The summed E-state index contributed by atoms with van der Waals surface area (Å²) in [6.45, 7) is 8.03. The highest BCUT2D eigenvalue weighted by atomic mass is 16.2. The Kier molecular flexibility index (Phi) is 5.85. The lowest BCUT2D eigenvalue weighted by Gasteiger charge is -2.40. The Balaban J connectivity index is 1.87. The largest absolute Gasteiger partial charge is 0.352 e. The molecule has 0 aromatic rings. The minimum atomic E-state index is -0.384. The Morgan fingerprint density at radius 3 is 2.20 bits per heavy atom. The summed E-state index contributed by atoms with van der Waals surface area (Å²) in [5.41, 5.74) is -0.384. The summed E-state index contributed by atoms with van der Waals surface area (Å²) in [4.78, 5) is 15.0. The summed E-state index contributed by atoms with van der Waals surface area (Å²) in [6, 6.07) is 0.394. The SMILES string of the molecule is CC(C)(C(=O)NC1CCCCCCC1)N1CCNCC1. The van der Waals surface area contributed by atoms with Crippen LogP contribution in [-0.2, 0) is 4.79 Å². The van der Waals surface area contributed by atoms with E-state index in [2.05, 4.69) is 29.4 Å². The third-order valence-electron chi connectivity index (χ3n) is 4.90. The summed E-state index contributed by atoms with van der Waals surface area (Å²) >= 11 is 0. The van der Waals surface area contributed by atoms with Gasteiger partial charge >= 0.3 is 0 Å². The Labute approximate surface area is 123 Å². The van der Waals surface area contributed by atoms with E-state index in [-0.39, 0.29) is 11.4 Å². The fraction of sp³-hybridized carbons (Fsp3) is 0.938. The number of nitrogens with one attached hydrogen (secondary N) is 2. The highest BCUT2D eigenvalue weighted by Crippen LogP contribution is 2.20. The molecule has 116 valence electrons. The third kappa shape index (κ3) is 4.19. The number of rotatable bonds is 3. The zero-order valence-electron chi connectivity index (χ0n) is 13.2. The van der Waals surface area contributed by atoms with E-state index in [9.17, 15) is 4.79 Å². The van der Waals surface area contributed by atoms with E-state index >= 15 is 0 Å². The molecule has 1 amide bonds. The molecule has 0 atom stereocenters. The molecule has 0 aromatic carbocycles. The van der Waals surface area contributed by atoms with Crippen LogP contribution in [0.15, 0.2) is 0 Å². The molecule has 2 N–H and O–H groups in total. The van der Waals surface area contributed by atoms with E-state index < -0.39 is 0 Å². The Hall–Kier alpha value is -0.610. The van der Waals surface area contributed by atoms with Crippen molar-refractivity contribution in [2.75, 3.05) is 26.2 Å². The fourth-order valence-corrected chi connectivity index (χ4v) is 3.33. The van der Waals surface area contributed by atoms with Crippen molar-refractivity contribution in [2.45, 2.75) is 70.4 Å². The molecule has 1 aliphatic heterocycles. The Morgan fingerprint density at radius 2 is 1.60 bits per heavy atom. The first-order valence-corrected chi connectivity index (χ1v) is 8.37. The van der Waals surface area contributed by atoms with Crippen LogP contribution in [0.5, 0.6) is 0 Å². The molecule has 2 fully saturated rings. The predicted octanol–water partition coefficient (Wildman–Crippen LogP) is 1.90. The number of nitrogens with zero attached hydrogens (tertiary/aromatic N) is 1. The summed E-state index contributed by atoms with van der Waals surface area (Å²) < 4.78 is 0. The molecule has 0 radical (unpaired) electrons. The van der Waals surface area contributed by atoms with Crippen LogP contribution in [0.1, 0.15) is 58.8 Å². The standard InChI is InChI=1S/C16H31N3O/c1-16(2,19-12-10-17-11-13-19)15(20)18-14-8-6-4-3-5-7-9-14/h14,17H,3-13H2,1-2H3,(H,18,20). The quantitative estimate of drug-likeness (QED) is 0.830. The van der Waals surface area contributed by atoms with Crippen molar-refractivity contribution in [1.29, 1.82) is 0 Å². The molecule has 0 bridgehead atoms. The number of hydrogen-bond donors (Lipinski definition) is 2. The normalized spacial score (nSPS) is 23.9. The number of carbonyl (C=O) groups excluding carboxylic acids is 1. The molecule has 1 aliphatic carbocycles. The molecule has 1 heterocycles. The second-order valence-electron chi connectivity index (χ2n) is 6.81. The van der Waals surface area contributed by atoms with Gasteiger partial charge in [0.15, 0.2) is 0 Å². The average molecular weight is 281 g/mol. The van der Waals surface area contributed by atoms with Gasteiger partial charge in [0, 0.05) is 32.2 Å². The lowest BCUT2D eigenvalue weighted by Crippen LogP contribution is -2.61. The smallest absolute Gasteiger partial charge is 0.240 e. The first-order chi connectivity index (χ1) is 9.60. The van der Waals surface area contributed by atoms with Gasteiger partial charge in [-0.05, 0) is 26.7 Å². The highest BCUT2D eigenvalue weighted by Gasteiger charge is 2.35. The summed E-state index contributed by atoms with van der Waals surface area (Å²) in [7, 11) is 0. The molecule has 2 rings (SSSR count). The first-order valence-electron chi connectivity index (χ1n) is 8.37. The second kappa shape index (κ2) is 7.41. The van der Waals surface area contributed by atoms with Crippen molar-refractivity contribution in [3.05, 3.63) is 0 Å². The average Bonchev–Trinajstić information content (AvgIpc) is 2.42. The van der Waals surface area contributed by atoms with Gasteiger partial charge in [-0.3, -0.25) is 9.69 Å². The number of piperazine rings is 1. The van der Waals surface area contributed by atoms with Gasteiger partial charge in [0.2, 0.25) is 5.91 Å². The topological polar surface area (TPSA) is 44.4 Å². The Bertz CT molecular complexity index is 303. The molecule has 0 aromatic heterocycles. The predicted molar refractivity (Wildman–Crippen MR) is 82.8 cm³/mol. The van der Waals surface area contributed by atoms with Crippen LogP contribution < -0.4 is 10.6 Å². The van der Waals surface area contributed by atoms with E-state index in [1.54, 1.807) is 0 Å². The monoisotopic (exact) mass is 281 g/mol. The lowest BCUT2D eigenvalue weighted by molar-refractivity contribution is -0.133. The molecule has 20 heavy (non-hydrogen) atoms. The molecule has 4 heteroatoms. The van der Waals surface area contributed by atoms with Crippen LogP contribution >= 0.6 is 0 Å². The van der Waals surface area contributed by atoms with E-state index in [0.29, 0.717) is 6.04 Å². The van der Waals surface area contributed by atoms with Crippen LogP contribution in [-0.4, -0.2) is 48.6 Å². The fourth-order valence-electron chi connectivity index (χ4n) is 3.33. The van der Waals surface area contributed by atoms with Crippen molar-refractivity contribution in [3.8, 4) is 0 Å². The van der Waals surface area contributed by atoms with Crippen LogP contribution in [0.4, 0.5) is 0 Å². The molecule has 0 spiro atoms. The van der Waals surface area contributed by atoms with Gasteiger partial charge in [0.05, 0.1) is 5.54 Å². The van der Waals surface area contributed by atoms with Crippen LogP contribution in [0, 0.1) is 0 Å². The van der Waals surface area contributed by atoms with E-state index in [0.717, 1.165) is 39.0 Å². The molecule has 1 saturated carbocycles. The van der Waals surface area contributed by atoms with Gasteiger partial charge in [-0.15, -0.1) is 0 Å². The summed E-state index contributed by atoms with van der Waals surface area (Å²) in [5.74, 6) is 0.213. The molecule has 0 unspecified atom stereocenters. The maximum absolute atomic E-state index is 12.7. The van der Waals surface area contributed by atoms with Gasteiger partial charge in [-0.25, -0.2) is 0 Å². The molecular weight excluding hydrogens is 250 g/mol. The van der Waals surface area contributed by atoms with Crippen molar-refractivity contribution in [1.82, 2.24) is 15.5 Å². The van der Waals surface area contributed by atoms with E-state index in [1.165, 1.54) is 32.1 Å². The minimum Gasteiger partial charge on any atom is -0.352 e. The molecule has 2 aliphatic rings. The summed E-state index contributed by atoms with van der Waals surface area (Å²) in [5, 5.41) is 6.67. The summed E-state index contributed by atoms with van der Waals surface area (Å²) in [6.07, 6.45) is 8.86. The van der Waals surface area contributed by atoms with Gasteiger partial charge < -0.3 is 10.6 Å². The molecular formula is C16H31N3O. The minimum absolute atomic E-state index is 0.213. The third-order valence-corrected chi connectivity index (χ3v) is 4.90. The Morgan fingerprint density at radius 1 is 1.05 bits per heavy atom. The van der Waals surface area contributed by atoms with Gasteiger partial charge in [0.25, 0.3) is 0 Å². The highest BCUT2D eigenvalue weighted by molar-refractivity contribution is 5.85. The zero-order chi connectivity index (χ0) is 14.4. The number of hydrogen-bond acceptors (Lipinski definition) is 3. The van der Waals surface area contributed by atoms with Crippen LogP contribution in [0.2, 0.25) is 0 Å². The molecule has 4 nitrogen and oxygen atoms in total. The van der Waals surface area contributed by atoms with Crippen LogP contribution in [0.3, 0.4) is 0 Å². The van der Waals surface area contributed by atoms with Crippen molar-refractivity contribution in [3.63, 3.8) is 0 Å². The second-order valence-corrected chi connectivity index (χ2v) is 6.81. The van der Waals surface area contributed by atoms with Gasteiger partial charge in [-0.1, -0.05) is 32.1 Å². The van der Waals surface area contributed by atoms with Crippen molar-refractivity contribution >= 4 is 5.91 Å². The van der Waals surface area contributed by atoms with Gasteiger partial charge in [0.1, 0.15) is 0 Å². The van der Waals surface area contributed by atoms with E-state index in [1.807, 2.05) is 0 Å². The lowest BCUT2D eigenvalue weighted by atomic mass is 9.94. The van der Waals surface area contributed by atoms with Crippen molar-refractivity contribution < 1.29 is 4.79 Å². The first kappa shape index (κ1) is 15.8. The number of carbonyl (C=O) groups is 1. The van der Waals surface area contributed by atoms with Crippen LogP contribution in [0.25, 0.3) is 0 Å².